The molecule has 0 radical (unpaired) electrons. The van der Waals surface area contributed by atoms with E-state index in [1.54, 1.807) is 0 Å². The van der Waals surface area contributed by atoms with Crippen molar-refractivity contribution in [3.05, 3.63) is 21.2 Å². The molecule has 0 amide bonds. The van der Waals surface area contributed by atoms with E-state index in [0.717, 1.165) is 27.9 Å². The Hall–Kier alpha value is -0.0900. The average Bonchev–Trinajstić information content (AvgIpc) is 2.34. The Labute approximate surface area is 81.9 Å². The molecule has 0 N–H and O–H groups in total. The first-order valence-electron chi connectivity index (χ1n) is 3.33. The molecule has 2 rings (SSSR count). The van der Waals surface area contributed by atoms with Crippen LogP contribution in [0.2, 0.25) is 0 Å². The molecule has 58 valence electrons. The summed E-state index contributed by atoms with van der Waals surface area (Å²) in [5.41, 5.74) is 0. The first kappa shape index (κ1) is 7.55. The fourth-order valence-corrected chi connectivity index (χ4v) is 2.55. The zero-order valence-corrected chi connectivity index (χ0v) is 8.89. The SMILES string of the molecule is BrC1=CN2CCN=C2C(Br)=C1. The molecule has 0 saturated carbocycles. The van der Waals surface area contributed by atoms with Crippen molar-refractivity contribution in [3.63, 3.8) is 0 Å². The highest BCUT2D eigenvalue weighted by molar-refractivity contribution is 9.12. The zero-order chi connectivity index (χ0) is 7.84. The van der Waals surface area contributed by atoms with Gasteiger partial charge in [-0.3, -0.25) is 4.99 Å². The summed E-state index contributed by atoms with van der Waals surface area (Å²) in [6, 6.07) is 0. The van der Waals surface area contributed by atoms with E-state index >= 15 is 0 Å². The van der Waals surface area contributed by atoms with Gasteiger partial charge in [0.15, 0.2) is 0 Å². The molecule has 0 aromatic heterocycles. The molecule has 0 bridgehead atoms. The van der Waals surface area contributed by atoms with Crippen LogP contribution in [0.15, 0.2) is 26.2 Å². The summed E-state index contributed by atoms with van der Waals surface area (Å²) < 4.78 is 2.15. The first-order chi connectivity index (χ1) is 5.27. The highest BCUT2D eigenvalue weighted by Crippen LogP contribution is 2.25. The van der Waals surface area contributed by atoms with E-state index in [-0.39, 0.29) is 0 Å². The number of aliphatic imine (C=N–C) groups is 1. The van der Waals surface area contributed by atoms with Gasteiger partial charge in [0.25, 0.3) is 0 Å². The lowest BCUT2D eigenvalue weighted by Gasteiger charge is -2.18. The minimum Gasteiger partial charge on any atom is -0.329 e. The van der Waals surface area contributed by atoms with E-state index in [4.69, 9.17) is 0 Å². The molecule has 2 aliphatic heterocycles. The van der Waals surface area contributed by atoms with Crippen molar-refractivity contribution < 1.29 is 0 Å². The quantitative estimate of drug-likeness (QED) is 0.663. The van der Waals surface area contributed by atoms with E-state index < -0.39 is 0 Å². The maximum absolute atomic E-state index is 4.34. The molecule has 0 aliphatic carbocycles. The Kier molecular flexibility index (Phi) is 1.89. The lowest BCUT2D eigenvalue weighted by atomic mass is 10.3. The summed E-state index contributed by atoms with van der Waals surface area (Å²) >= 11 is 6.88. The molecule has 0 atom stereocenters. The van der Waals surface area contributed by atoms with Crippen LogP contribution in [-0.2, 0) is 0 Å². The van der Waals surface area contributed by atoms with Gasteiger partial charge in [0.1, 0.15) is 5.84 Å². The first-order valence-corrected chi connectivity index (χ1v) is 4.92. The number of hydrogen-bond acceptors (Lipinski definition) is 2. The lowest BCUT2D eigenvalue weighted by molar-refractivity contribution is 0.610. The third kappa shape index (κ3) is 1.29. The number of rotatable bonds is 0. The molecule has 2 aliphatic rings. The predicted octanol–water partition coefficient (Wildman–Crippen LogP) is 2.23. The summed E-state index contributed by atoms with van der Waals surface area (Å²) in [4.78, 5) is 6.47. The molecule has 11 heavy (non-hydrogen) atoms. The second kappa shape index (κ2) is 2.75. The zero-order valence-electron chi connectivity index (χ0n) is 5.72. The number of nitrogens with zero attached hydrogens (tertiary/aromatic N) is 2. The second-order valence-electron chi connectivity index (χ2n) is 2.40. The predicted molar refractivity (Wildman–Crippen MR) is 53.0 cm³/mol. The molecule has 4 heteroatoms. The van der Waals surface area contributed by atoms with Crippen molar-refractivity contribution in [2.24, 2.45) is 4.99 Å². The Morgan fingerprint density at radius 2 is 2.27 bits per heavy atom. The van der Waals surface area contributed by atoms with Crippen molar-refractivity contribution in [1.82, 2.24) is 4.90 Å². The van der Waals surface area contributed by atoms with Crippen LogP contribution in [0, 0.1) is 0 Å². The van der Waals surface area contributed by atoms with Gasteiger partial charge in [0, 0.05) is 17.2 Å². The molecule has 0 aromatic rings. The smallest absolute Gasteiger partial charge is 0.142 e. The Morgan fingerprint density at radius 1 is 1.45 bits per heavy atom. The summed E-state index contributed by atoms with van der Waals surface area (Å²) in [5.74, 6) is 1.05. The Balaban J connectivity index is 2.40. The third-order valence-corrected chi connectivity index (χ3v) is 2.65. The van der Waals surface area contributed by atoms with Gasteiger partial charge in [-0.15, -0.1) is 0 Å². The number of halogens is 2. The molecule has 0 saturated heterocycles. The van der Waals surface area contributed by atoms with Crippen LogP contribution in [0.4, 0.5) is 0 Å². The monoisotopic (exact) mass is 276 g/mol. The number of fused-ring (bicyclic) bond motifs is 1. The van der Waals surface area contributed by atoms with Crippen molar-refractivity contribution in [2.45, 2.75) is 0 Å². The normalized spacial score (nSPS) is 22.4. The Bertz CT molecular complexity index is 278. The van der Waals surface area contributed by atoms with E-state index in [1.807, 2.05) is 6.08 Å². The maximum atomic E-state index is 4.34. The van der Waals surface area contributed by atoms with Gasteiger partial charge in [-0.05, 0) is 37.9 Å². The largest absolute Gasteiger partial charge is 0.329 e. The van der Waals surface area contributed by atoms with Crippen LogP contribution in [0.1, 0.15) is 0 Å². The third-order valence-electron chi connectivity index (χ3n) is 1.63. The van der Waals surface area contributed by atoms with E-state index in [1.165, 1.54) is 0 Å². The van der Waals surface area contributed by atoms with Gasteiger partial charge in [0.05, 0.1) is 11.0 Å². The lowest BCUT2D eigenvalue weighted by Crippen LogP contribution is -2.24. The molecule has 0 spiro atoms. The Morgan fingerprint density at radius 3 is 3.09 bits per heavy atom. The topological polar surface area (TPSA) is 15.6 Å². The molecule has 0 unspecified atom stereocenters. The maximum Gasteiger partial charge on any atom is 0.142 e. The molecule has 0 fully saturated rings. The second-order valence-corrected chi connectivity index (χ2v) is 4.17. The van der Waals surface area contributed by atoms with Crippen LogP contribution in [0.25, 0.3) is 0 Å². The molecule has 2 heterocycles. The standard InChI is InChI=1S/C7H6Br2N2/c8-5-3-6(9)7-10-1-2-11(7)4-5/h3-4H,1-2H2. The summed E-state index contributed by atoms with van der Waals surface area (Å²) in [6.07, 6.45) is 4.07. The van der Waals surface area contributed by atoms with Gasteiger partial charge in [-0.1, -0.05) is 0 Å². The van der Waals surface area contributed by atoms with Crippen molar-refractivity contribution in [2.75, 3.05) is 13.1 Å². The van der Waals surface area contributed by atoms with Crippen molar-refractivity contribution >= 4 is 37.7 Å². The number of amidine groups is 1. The van der Waals surface area contributed by atoms with Gasteiger partial charge in [-0.25, -0.2) is 0 Å². The van der Waals surface area contributed by atoms with Crippen molar-refractivity contribution in [3.8, 4) is 0 Å². The number of allylic oxidation sites excluding steroid dienone is 2. The van der Waals surface area contributed by atoms with Gasteiger partial charge in [0.2, 0.25) is 0 Å². The summed E-state index contributed by atoms with van der Waals surface area (Å²) in [7, 11) is 0. The summed E-state index contributed by atoms with van der Waals surface area (Å²) in [5, 5.41) is 0. The fraction of sp³-hybridized carbons (Fsp3) is 0.286. The highest BCUT2D eigenvalue weighted by Gasteiger charge is 2.20. The van der Waals surface area contributed by atoms with E-state index in [9.17, 15) is 0 Å². The van der Waals surface area contributed by atoms with E-state index in [0.29, 0.717) is 0 Å². The average molecular weight is 278 g/mol. The van der Waals surface area contributed by atoms with Crippen LogP contribution in [0.5, 0.6) is 0 Å². The summed E-state index contributed by atoms with van der Waals surface area (Å²) in [6.45, 7) is 1.89. The molecular formula is C7H6Br2N2. The van der Waals surface area contributed by atoms with Gasteiger partial charge in [-0.2, -0.15) is 0 Å². The molecule has 0 aromatic carbocycles. The van der Waals surface area contributed by atoms with Crippen molar-refractivity contribution in [1.29, 1.82) is 0 Å². The van der Waals surface area contributed by atoms with Crippen LogP contribution >= 0.6 is 31.9 Å². The van der Waals surface area contributed by atoms with Crippen LogP contribution < -0.4 is 0 Å². The van der Waals surface area contributed by atoms with E-state index in [2.05, 4.69) is 48.0 Å². The molecular weight excluding hydrogens is 272 g/mol. The minimum atomic E-state index is 0.898. The van der Waals surface area contributed by atoms with Crippen LogP contribution in [0.3, 0.4) is 0 Å². The molecule has 2 nitrogen and oxygen atoms in total. The minimum absolute atomic E-state index is 0.898. The fourth-order valence-electron chi connectivity index (χ4n) is 1.17. The highest BCUT2D eigenvalue weighted by atomic mass is 79.9. The van der Waals surface area contributed by atoms with Gasteiger partial charge >= 0.3 is 0 Å². The number of hydrogen-bond donors (Lipinski definition) is 0. The van der Waals surface area contributed by atoms with Gasteiger partial charge < -0.3 is 4.90 Å². The van der Waals surface area contributed by atoms with Crippen LogP contribution in [-0.4, -0.2) is 23.8 Å².